The summed E-state index contributed by atoms with van der Waals surface area (Å²) in [5.41, 5.74) is 5.36. The van der Waals surface area contributed by atoms with Gasteiger partial charge in [-0.25, -0.2) is 0 Å². The summed E-state index contributed by atoms with van der Waals surface area (Å²) in [7, 11) is 0. The van der Waals surface area contributed by atoms with Crippen molar-refractivity contribution < 1.29 is 4.79 Å². The molecule has 1 atom stereocenters. The van der Waals surface area contributed by atoms with Crippen LogP contribution in [0.3, 0.4) is 0 Å². The molecule has 72 valence electrons. The molecule has 0 bridgehead atoms. The molecule has 3 nitrogen and oxygen atoms in total. The molecule has 12 heavy (non-hydrogen) atoms. The third kappa shape index (κ3) is 6.49. The largest absolute Gasteiger partial charge is 0.355 e. The molecular weight excluding hydrogens is 172 g/mol. The Bertz CT molecular complexity index is 128. The van der Waals surface area contributed by atoms with E-state index in [4.69, 9.17) is 5.73 Å². The van der Waals surface area contributed by atoms with E-state index in [2.05, 4.69) is 11.6 Å². The molecule has 0 aliphatic carbocycles. The Morgan fingerprint density at radius 2 is 2.25 bits per heavy atom. The molecule has 0 aromatic carbocycles. The first-order valence-corrected chi connectivity index (χ1v) is 5.60. The Morgan fingerprint density at radius 1 is 1.58 bits per heavy atom. The predicted octanol–water partition coefficient (Wildman–Crippen LogP) is 0.593. The highest BCUT2D eigenvalue weighted by Gasteiger charge is 2.04. The summed E-state index contributed by atoms with van der Waals surface area (Å²) in [5.74, 6) is 1.10. The molecule has 1 unspecified atom stereocenters. The van der Waals surface area contributed by atoms with Crippen molar-refractivity contribution in [1.29, 1.82) is 0 Å². The van der Waals surface area contributed by atoms with E-state index in [0.29, 0.717) is 0 Å². The Hall–Kier alpha value is -0.220. The van der Waals surface area contributed by atoms with Crippen molar-refractivity contribution in [1.82, 2.24) is 5.32 Å². The lowest BCUT2D eigenvalue weighted by molar-refractivity contribution is -0.121. The molecule has 0 radical (unpaired) electrons. The van der Waals surface area contributed by atoms with Gasteiger partial charge in [-0.1, -0.05) is 0 Å². The van der Waals surface area contributed by atoms with E-state index >= 15 is 0 Å². The van der Waals surface area contributed by atoms with Crippen LogP contribution in [-0.2, 0) is 4.79 Å². The number of carbonyl (C=O) groups is 1. The molecular formula is C8H18N2OS. The van der Waals surface area contributed by atoms with E-state index in [1.807, 2.05) is 11.8 Å². The molecule has 0 aliphatic heterocycles. The highest BCUT2D eigenvalue weighted by Crippen LogP contribution is 1.97. The fourth-order valence-electron chi connectivity index (χ4n) is 0.744. The zero-order valence-electron chi connectivity index (χ0n) is 7.80. The normalized spacial score (nSPS) is 12.6. The minimum atomic E-state index is -0.384. The first-order chi connectivity index (χ1) is 5.68. The van der Waals surface area contributed by atoms with Crippen molar-refractivity contribution in [2.24, 2.45) is 5.73 Å². The van der Waals surface area contributed by atoms with Crippen LogP contribution in [0.25, 0.3) is 0 Å². The summed E-state index contributed by atoms with van der Waals surface area (Å²) >= 11 is 1.83. The maximum atomic E-state index is 10.9. The first-order valence-electron chi connectivity index (χ1n) is 4.20. The number of unbranched alkanes of at least 4 members (excludes halogenated alkanes) is 1. The van der Waals surface area contributed by atoms with E-state index in [0.717, 1.165) is 25.1 Å². The third-order valence-electron chi connectivity index (χ3n) is 1.49. The number of carbonyl (C=O) groups excluding carboxylic acids is 1. The fraction of sp³-hybridized carbons (Fsp3) is 0.875. The van der Waals surface area contributed by atoms with Crippen molar-refractivity contribution >= 4 is 17.7 Å². The molecule has 1 amide bonds. The van der Waals surface area contributed by atoms with Gasteiger partial charge in [-0.2, -0.15) is 11.8 Å². The second kappa shape index (κ2) is 7.43. The average Bonchev–Trinajstić information content (AvgIpc) is 2.03. The molecule has 0 spiro atoms. The Balaban J connectivity index is 3.14. The molecule has 0 aliphatic rings. The van der Waals surface area contributed by atoms with Crippen LogP contribution in [0.4, 0.5) is 0 Å². The number of thioether (sulfide) groups is 1. The molecule has 3 N–H and O–H groups in total. The first kappa shape index (κ1) is 11.8. The molecule has 0 aromatic heterocycles. The van der Waals surface area contributed by atoms with Crippen LogP contribution in [0, 0.1) is 0 Å². The van der Waals surface area contributed by atoms with Gasteiger partial charge in [0.25, 0.3) is 0 Å². The summed E-state index contributed by atoms with van der Waals surface area (Å²) in [4.78, 5) is 10.9. The Labute approximate surface area is 78.5 Å². The predicted molar refractivity (Wildman–Crippen MR) is 54.3 cm³/mol. The molecule has 0 saturated carbocycles. The summed E-state index contributed by atoms with van der Waals surface area (Å²) in [6.45, 7) is 2.44. The van der Waals surface area contributed by atoms with E-state index in [1.165, 1.54) is 0 Å². The lowest BCUT2D eigenvalue weighted by atomic mass is 10.3. The molecule has 0 fully saturated rings. The second-order valence-electron chi connectivity index (χ2n) is 2.78. The number of hydrogen-bond acceptors (Lipinski definition) is 3. The zero-order chi connectivity index (χ0) is 9.40. The van der Waals surface area contributed by atoms with Crippen molar-refractivity contribution in [2.45, 2.75) is 25.8 Å². The maximum absolute atomic E-state index is 10.9. The van der Waals surface area contributed by atoms with Gasteiger partial charge in [0.15, 0.2) is 0 Å². The number of rotatable bonds is 6. The summed E-state index contributed by atoms with van der Waals surface area (Å²) < 4.78 is 0. The van der Waals surface area contributed by atoms with Crippen LogP contribution in [0.2, 0.25) is 0 Å². The quantitative estimate of drug-likeness (QED) is 0.603. The van der Waals surface area contributed by atoms with Gasteiger partial charge < -0.3 is 11.1 Å². The maximum Gasteiger partial charge on any atom is 0.236 e. The van der Waals surface area contributed by atoms with Crippen LogP contribution in [-0.4, -0.2) is 30.5 Å². The third-order valence-corrected chi connectivity index (χ3v) is 2.18. The number of amides is 1. The molecule has 0 rings (SSSR count). The van der Waals surface area contributed by atoms with Crippen LogP contribution in [0.15, 0.2) is 0 Å². The van der Waals surface area contributed by atoms with E-state index < -0.39 is 0 Å². The molecule has 0 saturated heterocycles. The minimum Gasteiger partial charge on any atom is -0.355 e. The lowest BCUT2D eigenvalue weighted by Crippen LogP contribution is -2.38. The lowest BCUT2D eigenvalue weighted by Gasteiger charge is -2.06. The standard InChI is InChI=1S/C8H18N2OS/c1-7(9)8(11)10-5-3-4-6-12-2/h7H,3-6,9H2,1-2H3,(H,10,11). The van der Waals surface area contributed by atoms with E-state index in [9.17, 15) is 4.79 Å². The average molecular weight is 190 g/mol. The molecule has 4 heteroatoms. The topological polar surface area (TPSA) is 55.1 Å². The summed E-state index contributed by atoms with van der Waals surface area (Å²) in [6.07, 6.45) is 4.28. The SMILES string of the molecule is CSCCCCNC(=O)C(C)N. The van der Waals surface area contributed by atoms with E-state index in [-0.39, 0.29) is 11.9 Å². The van der Waals surface area contributed by atoms with Gasteiger partial charge in [-0.3, -0.25) is 4.79 Å². The monoisotopic (exact) mass is 190 g/mol. The molecule has 0 aromatic rings. The van der Waals surface area contributed by atoms with Crippen LogP contribution in [0.1, 0.15) is 19.8 Å². The Kier molecular flexibility index (Phi) is 7.29. The number of nitrogens with one attached hydrogen (secondary N) is 1. The van der Waals surface area contributed by atoms with Crippen molar-refractivity contribution in [3.05, 3.63) is 0 Å². The minimum absolute atomic E-state index is 0.0563. The van der Waals surface area contributed by atoms with Gasteiger partial charge in [-0.15, -0.1) is 0 Å². The van der Waals surface area contributed by atoms with Crippen molar-refractivity contribution in [3.8, 4) is 0 Å². The van der Waals surface area contributed by atoms with E-state index in [1.54, 1.807) is 6.92 Å². The van der Waals surface area contributed by atoms with Crippen LogP contribution < -0.4 is 11.1 Å². The van der Waals surface area contributed by atoms with Gasteiger partial charge >= 0.3 is 0 Å². The second-order valence-corrected chi connectivity index (χ2v) is 3.77. The highest BCUT2D eigenvalue weighted by molar-refractivity contribution is 7.98. The highest BCUT2D eigenvalue weighted by atomic mass is 32.2. The van der Waals surface area contributed by atoms with Gasteiger partial charge in [0, 0.05) is 6.54 Å². The van der Waals surface area contributed by atoms with Gasteiger partial charge in [0.2, 0.25) is 5.91 Å². The fourth-order valence-corrected chi connectivity index (χ4v) is 1.24. The summed E-state index contributed by atoms with van der Waals surface area (Å²) in [6, 6.07) is -0.384. The molecule has 0 heterocycles. The van der Waals surface area contributed by atoms with Crippen LogP contribution in [0.5, 0.6) is 0 Å². The van der Waals surface area contributed by atoms with Gasteiger partial charge in [-0.05, 0) is 31.8 Å². The smallest absolute Gasteiger partial charge is 0.236 e. The van der Waals surface area contributed by atoms with Crippen LogP contribution >= 0.6 is 11.8 Å². The summed E-state index contributed by atoms with van der Waals surface area (Å²) in [5, 5.41) is 2.77. The van der Waals surface area contributed by atoms with Crippen molar-refractivity contribution in [3.63, 3.8) is 0 Å². The van der Waals surface area contributed by atoms with Gasteiger partial charge in [0.05, 0.1) is 6.04 Å². The number of hydrogen-bond donors (Lipinski definition) is 2. The number of nitrogens with two attached hydrogens (primary N) is 1. The van der Waals surface area contributed by atoms with Gasteiger partial charge in [0.1, 0.15) is 0 Å². The van der Waals surface area contributed by atoms with Crippen molar-refractivity contribution in [2.75, 3.05) is 18.6 Å². The Morgan fingerprint density at radius 3 is 2.75 bits per heavy atom. The zero-order valence-corrected chi connectivity index (χ0v) is 8.62.